The Hall–Kier alpha value is -2.13. The van der Waals surface area contributed by atoms with Crippen molar-refractivity contribution in [2.45, 2.75) is 39.4 Å². The molecule has 1 aliphatic heterocycles. The van der Waals surface area contributed by atoms with E-state index in [2.05, 4.69) is 79.5 Å². The molecule has 0 radical (unpaired) electrons. The number of guanidine groups is 1. The van der Waals surface area contributed by atoms with Gasteiger partial charge in [0.1, 0.15) is 5.82 Å². The maximum absolute atomic E-state index is 4.63. The van der Waals surface area contributed by atoms with E-state index in [1.165, 1.54) is 42.6 Å². The molecule has 6 nitrogen and oxygen atoms in total. The lowest BCUT2D eigenvalue weighted by molar-refractivity contribution is 0.331. The second kappa shape index (κ2) is 11.5. The van der Waals surface area contributed by atoms with Gasteiger partial charge in [-0.15, -0.1) is 24.0 Å². The van der Waals surface area contributed by atoms with Crippen LogP contribution in [-0.2, 0) is 19.6 Å². The van der Waals surface area contributed by atoms with Gasteiger partial charge in [-0.05, 0) is 56.1 Å². The van der Waals surface area contributed by atoms with Crippen molar-refractivity contribution in [3.63, 3.8) is 0 Å². The summed E-state index contributed by atoms with van der Waals surface area (Å²) in [5, 5.41) is 6.83. The standard InChI is InChI=1S/C24H32N6.HI/c1-19-28-22-7-3-4-8-23(22)30(19)16-13-26-24(25-2)27-17-20-9-11-21(12-10-20)18-29-14-5-6-15-29;/h3-4,7-12H,5-6,13-18H2,1-2H3,(H2,25,26,27);1H. The van der Waals surface area contributed by atoms with Crippen LogP contribution < -0.4 is 10.6 Å². The summed E-state index contributed by atoms with van der Waals surface area (Å²) in [5.41, 5.74) is 4.88. The summed E-state index contributed by atoms with van der Waals surface area (Å²) < 4.78 is 2.24. The third-order valence-corrected chi connectivity index (χ3v) is 5.78. The molecular formula is C24H33IN6. The van der Waals surface area contributed by atoms with Gasteiger partial charge in [0.2, 0.25) is 0 Å². The van der Waals surface area contributed by atoms with Gasteiger partial charge in [-0.25, -0.2) is 4.98 Å². The number of nitrogens with one attached hydrogen (secondary N) is 2. The molecule has 2 aromatic carbocycles. The Morgan fingerprint density at radius 1 is 1.00 bits per heavy atom. The first-order valence-electron chi connectivity index (χ1n) is 10.9. The molecule has 2 heterocycles. The van der Waals surface area contributed by atoms with Crippen molar-refractivity contribution < 1.29 is 0 Å². The molecule has 0 saturated carbocycles. The molecule has 0 spiro atoms. The number of hydrogen-bond acceptors (Lipinski definition) is 3. The van der Waals surface area contributed by atoms with Gasteiger partial charge in [-0.1, -0.05) is 36.4 Å². The van der Waals surface area contributed by atoms with E-state index in [4.69, 9.17) is 0 Å². The van der Waals surface area contributed by atoms with E-state index in [9.17, 15) is 0 Å². The second-order valence-corrected chi connectivity index (χ2v) is 7.95. The van der Waals surface area contributed by atoms with E-state index >= 15 is 0 Å². The molecule has 1 fully saturated rings. The highest BCUT2D eigenvalue weighted by atomic mass is 127. The first kappa shape index (κ1) is 23.5. The van der Waals surface area contributed by atoms with Crippen LogP contribution in [0.5, 0.6) is 0 Å². The number of rotatable bonds is 7. The molecule has 1 aromatic heterocycles. The van der Waals surface area contributed by atoms with Gasteiger partial charge < -0.3 is 15.2 Å². The summed E-state index contributed by atoms with van der Waals surface area (Å²) in [6.07, 6.45) is 2.68. The number of nitrogens with zero attached hydrogens (tertiary/aromatic N) is 4. The van der Waals surface area contributed by atoms with Gasteiger partial charge in [0.05, 0.1) is 11.0 Å². The zero-order valence-corrected chi connectivity index (χ0v) is 20.8. The minimum atomic E-state index is 0. The predicted molar refractivity (Wildman–Crippen MR) is 139 cm³/mol. The number of benzene rings is 2. The fourth-order valence-corrected chi connectivity index (χ4v) is 4.13. The number of halogens is 1. The summed E-state index contributed by atoms with van der Waals surface area (Å²) in [6, 6.07) is 17.2. The Morgan fingerprint density at radius 3 is 2.45 bits per heavy atom. The van der Waals surface area contributed by atoms with E-state index in [0.29, 0.717) is 0 Å². The molecule has 0 bridgehead atoms. The molecule has 7 heteroatoms. The SMILES string of the molecule is CN=C(NCCn1c(C)nc2ccccc21)NCc1ccc(CN2CCCC2)cc1.I. The molecule has 0 unspecified atom stereocenters. The minimum Gasteiger partial charge on any atom is -0.355 e. The van der Waals surface area contributed by atoms with Crippen molar-refractivity contribution in [1.82, 2.24) is 25.1 Å². The number of likely N-dealkylation sites (tertiary alicyclic amines) is 1. The predicted octanol–water partition coefficient (Wildman–Crippen LogP) is 3.92. The van der Waals surface area contributed by atoms with E-state index in [1.54, 1.807) is 0 Å². The smallest absolute Gasteiger partial charge is 0.191 e. The first-order valence-corrected chi connectivity index (χ1v) is 10.9. The Kier molecular flexibility index (Phi) is 8.71. The van der Waals surface area contributed by atoms with Gasteiger partial charge in [0.15, 0.2) is 5.96 Å². The highest BCUT2D eigenvalue weighted by molar-refractivity contribution is 14.0. The lowest BCUT2D eigenvalue weighted by atomic mass is 10.1. The fourth-order valence-electron chi connectivity index (χ4n) is 4.13. The minimum absolute atomic E-state index is 0. The van der Waals surface area contributed by atoms with Gasteiger partial charge in [0.25, 0.3) is 0 Å². The highest BCUT2D eigenvalue weighted by Crippen LogP contribution is 2.15. The summed E-state index contributed by atoms with van der Waals surface area (Å²) in [7, 11) is 1.81. The van der Waals surface area contributed by atoms with Crippen molar-refractivity contribution in [3.8, 4) is 0 Å². The van der Waals surface area contributed by atoms with Crippen molar-refractivity contribution in [2.75, 3.05) is 26.7 Å². The second-order valence-electron chi connectivity index (χ2n) is 7.95. The molecule has 31 heavy (non-hydrogen) atoms. The van der Waals surface area contributed by atoms with Crippen LogP contribution >= 0.6 is 24.0 Å². The quantitative estimate of drug-likeness (QED) is 0.275. The lowest BCUT2D eigenvalue weighted by Gasteiger charge is -2.15. The number of aryl methyl sites for hydroxylation is 1. The summed E-state index contributed by atoms with van der Waals surface area (Å²) in [4.78, 5) is 11.5. The monoisotopic (exact) mass is 532 g/mol. The maximum atomic E-state index is 4.63. The van der Waals surface area contributed by atoms with E-state index in [-0.39, 0.29) is 24.0 Å². The molecule has 1 aliphatic rings. The number of imidazole rings is 1. The van der Waals surface area contributed by atoms with Crippen molar-refractivity contribution >= 4 is 41.0 Å². The van der Waals surface area contributed by atoms with Crippen LogP contribution in [0.3, 0.4) is 0 Å². The Morgan fingerprint density at radius 2 is 1.71 bits per heavy atom. The van der Waals surface area contributed by atoms with Gasteiger partial charge in [0, 0.05) is 33.2 Å². The molecule has 0 atom stereocenters. The summed E-state index contributed by atoms with van der Waals surface area (Å²) in [5.74, 6) is 1.85. The molecule has 166 valence electrons. The fraction of sp³-hybridized carbons (Fsp3) is 0.417. The van der Waals surface area contributed by atoms with Crippen LogP contribution in [0.25, 0.3) is 11.0 Å². The molecular weight excluding hydrogens is 499 g/mol. The van der Waals surface area contributed by atoms with Gasteiger partial charge in [-0.3, -0.25) is 9.89 Å². The number of fused-ring (bicyclic) bond motifs is 1. The summed E-state index contributed by atoms with van der Waals surface area (Å²) in [6.45, 7) is 7.99. The third-order valence-electron chi connectivity index (χ3n) is 5.78. The van der Waals surface area contributed by atoms with Crippen molar-refractivity contribution in [2.24, 2.45) is 4.99 Å². The zero-order chi connectivity index (χ0) is 20.8. The van der Waals surface area contributed by atoms with E-state index < -0.39 is 0 Å². The molecule has 1 saturated heterocycles. The molecule has 3 aromatic rings. The van der Waals surface area contributed by atoms with Gasteiger partial charge >= 0.3 is 0 Å². The topological polar surface area (TPSA) is 57.5 Å². The lowest BCUT2D eigenvalue weighted by Crippen LogP contribution is -2.38. The average Bonchev–Trinajstić information content (AvgIpc) is 3.39. The van der Waals surface area contributed by atoms with Crippen LogP contribution in [0.2, 0.25) is 0 Å². The number of para-hydroxylation sites is 2. The van der Waals surface area contributed by atoms with Crippen LogP contribution in [0, 0.1) is 6.92 Å². The average molecular weight is 532 g/mol. The van der Waals surface area contributed by atoms with Crippen LogP contribution in [-0.4, -0.2) is 47.1 Å². The molecule has 2 N–H and O–H groups in total. The van der Waals surface area contributed by atoms with Crippen molar-refractivity contribution in [1.29, 1.82) is 0 Å². The van der Waals surface area contributed by atoms with Crippen LogP contribution in [0.4, 0.5) is 0 Å². The molecule has 0 aliphatic carbocycles. The van der Waals surface area contributed by atoms with Gasteiger partial charge in [-0.2, -0.15) is 0 Å². The van der Waals surface area contributed by atoms with Crippen LogP contribution in [0.15, 0.2) is 53.5 Å². The molecule has 0 amide bonds. The Labute approximate surface area is 202 Å². The summed E-state index contributed by atoms with van der Waals surface area (Å²) >= 11 is 0. The zero-order valence-electron chi connectivity index (χ0n) is 18.5. The third kappa shape index (κ3) is 6.20. The van der Waals surface area contributed by atoms with Crippen LogP contribution in [0.1, 0.15) is 29.8 Å². The van der Waals surface area contributed by atoms with E-state index in [1.807, 2.05) is 13.1 Å². The Bertz CT molecular complexity index is 989. The van der Waals surface area contributed by atoms with E-state index in [0.717, 1.165) is 43.5 Å². The molecule has 4 rings (SSSR count). The largest absolute Gasteiger partial charge is 0.355 e. The Balaban J connectivity index is 0.00000272. The normalized spacial score (nSPS) is 14.6. The maximum Gasteiger partial charge on any atom is 0.191 e. The van der Waals surface area contributed by atoms with Crippen molar-refractivity contribution in [3.05, 3.63) is 65.5 Å². The highest BCUT2D eigenvalue weighted by Gasteiger charge is 2.11. The number of hydrogen-bond donors (Lipinski definition) is 2. The number of aromatic nitrogens is 2. The first-order chi connectivity index (χ1) is 14.7. The number of aliphatic imine (C=N–C) groups is 1.